The first-order valence-corrected chi connectivity index (χ1v) is 8.83. The minimum Gasteiger partial charge on any atom is -0.491 e. The Hall–Kier alpha value is -2.47. The third-order valence-electron chi connectivity index (χ3n) is 5.02. The Bertz CT molecular complexity index is 736. The molecular formula is C19H24N4O2. The van der Waals surface area contributed by atoms with Crippen LogP contribution in [0.25, 0.3) is 0 Å². The van der Waals surface area contributed by atoms with E-state index in [1.807, 2.05) is 12.1 Å². The zero-order valence-electron chi connectivity index (χ0n) is 14.5. The van der Waals surface area contributed by atoms with Crippen molar-refractivity contribution in [1.82, 2.24) is 15.2 Å². The van der Waals surface area contributed by atoms with Gasteiger partial charge in [0.2, 0.25) is 0 Å². The molecule has 1 fully saturated rings. The van der Waals surface area contributed by atoms with Crippen molar-refractivity contribution in [3.63, 3.8) is 0 Å². The lowest BCUT2D eigenvalue weighted by molar-refractivity contribution is 0.0911. The number of ether oxygens (including phenoxy) is 1. The molecule has 0 saturated carbocycles. The Morgan fingerprint density at radius 2 is 2.04 bits per heavy atom. The Morgan fingerprint density at radius 3 is 2.80 bits per heavy atom. The molecule has 0 unspecified atom stereocenters. The molecule has 0 spiro atoms. The van der Waals surface area contributed by atoms with E-state index in [2.05, 4.69) is 39.3 Å². The van der Waals surface area contributed by atoms with Crippen molar-refractivity contribution in [1.29, 1.82) is 0 Å². The van der Waals surface area contributed by atoms with Gasteiger partial charge in [0.25, 0.3) is 5.91 Å². The van der Waals surface area contributed by atoms with Crippen molar-refractivity contribution in [2.45, 2.75) is 12.5 Å². The number of H-pyrrole nitrogens is 1. The van der Waals surface area contributed by atoms with Gasteiger partial charge in [-0.15, -0.1) is 0 Å². The minimum atomic E-state index is -0.0841. The summed E-state index contributed by atoms with van der Waals surface area (Å²) in [5.74, 6) is 0.862. The summed E-state index contributed by atoms with van der Waals surface area (Å²) in [6, 6.07) is 9.84. The predicted molar refractivity (Wildman–Crippen MR) is 97.4 cm³/mol. The van der Waals surface area contributed by atoms with Crippen molar-refractivity contribution >= 4 is 11.6 Å². The number of hydrogen-bond acceptors (Lipinski definition) is 4. The number of amides is 1. The maximum atomic E-state index is 12.3. The summed E-state index contributed by atoms with van der Waals surface area (Å²) in [7, 11) is 2.16. The van der Waals surface area contributed by atoms with Gasteiger partial charge in [0.1, 0.15) is 18.1 Å². The Labute approximate surface area is 147 Å². The number of nitrogens with one attached hydrogen (secondary N) is 2. The van der Waals surface area contributed by atoms with Gasteiger partial charge < -0.3 is 24.8 Å². The van der Waals surface area contributed by atoms with Gasteiger partial charge >= 0.3 is 0 Å². The van der Waals surface area contributed by atoms with Crippen molar-refractivity contribution in [3.8, 4) is 5.75 Å². The van der Waals surface area contributed by atoms with E-state index in [9.17, 15) is 4.79 Å². The van der Waals surface area contributed by atoms with E-state index in [1.165, 1.54) is 11.3 Å². The number of rotatable bonds is 3. The molecule has 1 atom stereocenters. The molecular weight excluding hydrogens is 316 g/mol. The molecule has 1 aromatic carbocycles. The van der Waals surface area contributed by atoms with Crippen LogP contribution in [0.1, 0.15) is 16.1 Å². The van der Waals surface area contributed by atoms with E-state index in [4.69, 9.17) is 4.74 Å². The second-order valence-electron chi connectivity index (χ2n) is 6.81. The zero-order chi connectivity index (χ0) is 17.2. The molecule has 4 rings (SSSR count). The Kier molecular flexibility index (Phi) is 4.36. The Balaban J connectivity index is 1.50. The summed E-state index contributed by atoms with van der Waals surface area (Å²) in [6.07, 6.45) is 2.55. The van der Waals surface area contributed by atoms with Gasteiger partial charge in [-0.05, 0) is 31.3 Å². The number of hydrogen-bond donors (Lipinski definition) is 2. The van der Waals surface area contributed by atoms with E-state index < -0.39 is 0 Å². The lowest BCUT2D eigenvalue weighted by Crippen LogP contribution is -2.46. The summed E-state index contributed by atoms with van der Waals surface area (Å²) >= 11 is 0. The third-order valence-corrected chi connectivity index (χ3v) is 5.02. The van der Waals surface area contributed by atoms with Crippen LogP contribution in [0.3, 0.4) is 0 Å². The fraction of sp³-hybridized carbons (Fsp3) is 0.421. The summed E-state index contributed by atoms with van der Waals surface area (Å²) < 4.78 is 5.94. The van der Waals surface area contributed by atoms with E-state index in [-0.39, 0.29) is 11.9 Å². The van der Waals surface area contributed by atoms with Crippen LogP contribution >= 0.6 is 0 Å². The number of aromatic amines is 1. The standard InChI is InChI=1S/C19H24N4O2/c1-22-8-10-23(11-9-22)17-5-2-6-18-15(17)12-14(13-25-18)21-19(24)16-4-3-7-20-16/h2-7,14,20H,8-13H2,1H3,(H,21,24)/t14-/m0/s1. The van der Waals surface area contributed by atoms with Crippen LogP contribution in [0.2, 0.25) is 0 Å². The smallest absolute Gasteiger partial charge is 0.268 e. The maximum absolute atomic E-state index is 12.3. The van der Waals surface area contributed by atoms with Crippen LogP contribution in [0, 0.1) is 0 Å². The SMILES string of the molecule is CN1CCN(c2cccc3c2C[C@H](NC(=O)c2ccc[nH]2)CO3)CC1. The number of fused-ring (bicyclic) bond motifs is 1. The molecule has 0 radical (unpaired) electrons. The fourth-order valence-electron chi connectivity index (χ4n) is 3.56. The molecule has 1 amide bonds. The van der Waals surface area contributed by atoms with Gasteiger partial charge in [-0.2, -0.15) is 0 Å². The highest BCUT2D eigenvalue weighted by Gasteiger charge is 2.26. The number of aromatic nitrogens is 1. The van der Waals surface area contributed by atoms with Crippen molar-refractivity contribution in [2.75, 3.05) is 44.7 Å². The lowest BCUT2D eigenvalue weighted by atomic mass is 9.99. The molecule has 2 aromatic rings. The largest absolute Gasteiger partial charge is 0.491 e. The van der Waals surface area contributed by atoms with E-state index >= 15 is 0 Å². The second kappa shape index (κ2) is 6.80. The van der Waals surface area contributed by atoms with Gasteiger partial charge in [0.15, 0.2) is 0 Å². The van der Waals surface area contributed by atoms with Crippen molar-refractivity contribution in [3.05, 3.63) is 47.8 Å². The van der Waals surface area contributed by atoms with Gasteiger partial charge in [-0.25, -0.2) is 0 Å². The number of nitrogens with zero attached hydrogens (tertiary/aromatic N) is 2. The maximum Gasteiger partial charge on any atom is 0.268 e. The first-order chi connectivity index (χ1) is 12.2. The van der Waals surface area contributed by atoms with Gasteiger partial charge in [0.05, 0.1) is 6.04 Å². The summed E-state index contributed by atoms with van der Waals surface area (Å²) in [4.78, 5) is 20.0. The topological polar surface area (TPSA) is 60.6 Å². The number of piperazine rings is 1. The molecule has 0 aliphatic carbocycles. The molecule has 2 N–H and O–H groups in total. The molecule has 25 heavy (non-hydrogen) atoms. The van der Waals surface area contributed by atoms with Crippen molar-refractivity contribution in [2.24, 2.45) is 0 Å². The highest BCUT2D eigenvalue weighted by molar-refractivity contribution is 5.92. The summed E-state index contributed by atoms with van der Waals surface area (Å²) in [5, 5.41) is 3.08. The third kappa shape index (κ3) is 3.35. The average molecular weight is 340 g/mol. The van der Waals surface area contributed by atoms with Gasteiger partial charge in [-0.1, -0.05) is 6.07 Å². The average Bonchev–Trinajstić information content (AvgIpc) is 3.17. The molecule has 132 valence electrons. The number of anilines is 1. The lowest BCUT2D eigenvalue weighted by Gasteiger charge is -2.37. The highest BCUT2D eigenvalue weighted by atomic mass is 16.5. The summed E-state index contributed by atoms with van der Waals surface area (Å²) in [6.45, 7) is 4.68. The first-order valence-electron chi connectivity index (χ1n) is 8.83. The number of likely N-dealkylation sites (N-methyl/N-ethyl adjacent to an activating group) is 1. The molecule has 6 heteroatoms. The highest BCUT2D eigenvalue weighted by Crippen LogP contribution is 2.34. The Morgan fingerprint density at radius 1 is 1.20 bits per heavy atom. The second-order valence-corrected chi connectivity index (χ2v) is 6.81. The van der Waals surface area contributed by atoms with Crippen LogP contribution < -0.4 is 15.0 Å². The predicted octanol–water partition coefficient (Wildman–Crippen LogP) is 1.50. The normalized spacial score (nSPS) is 20.7. The number of carbonyl (C=O) groups excluding carboxylic acids is 1. The fourth-order valence-corrected chi connectivity index (χ4v) is 3.56. The van der Waals surface area contributed by atoms with Crippen LogP contribution in [0.4, 0.5) is 5.69 Å². The van der Waals surface area contributed by atoms with E-state index in [1.54, 1.807) is 12.3 Å². The monoisotopic (exact) mass is 340 g/mol. The molecule has 3 heterocycles. The van der Waals surface area contributed by atoms with Gasteiger partial charge in [-0.3, -0.25) is 4.79 Å². The van der Waals surface area contributed by atoms with Gasteiger partial charge in [0, 0.05) is 50.0 Å². The van der Waals surface area contributed by atoms with Crippen molar-refractivity contribution < 1.29 is 9.53 Å². The molecule has 1 saturated heterocycles. The van der Waals surface area contributed by atoms with E-state index in [0.717, 1.165) is 38.3 Å². The van der Waals surface area contributed by atoms with E-state index in [0.29, 0.717) is 12.3 Å². The minimum absolute atomic E-state index is 0.0167. The molecule has 6 nitrogen and oxygen atoms in total. The number of carbonyl (C=O) groups is 1. The zero-order valence-corrected chi connectivity index (χ0v) is 14.5. The first kappa shape index (κ1) is 16.0. The molecule has 1 aromatic heterocycles. The number of benzene rings is 1. The molecule has 2 aliphatic heterocycles. The quantitative estimate of drug-likeness (QED) is 0.889. The van der Waals surface area contributed by atoms with Crippen LogP contribution in [-0.4, -0.2) is 61.7 Å². The van der Waals surface area contributed by atoms with Crippen LogP contribution in [-0.2, 0) is 6.42 Å². The molecule has 2 aliphatic rings. The van der Waals surface area contributed by atoms with Crippen LogP contribution in [0.5, 0.6) is 5.75 Å². The molecule has 0 bridgehead atoms. The van der Waals surface area contributed by atoms with Crippen LogP contribution in [0.15, 0.2) is 36.5 Å². The summed E-state index contributed by atoms with van der Waals surface area (Å²) in [5.41, 5.74) is 3.03.